The number of primary amides is 1. The van der Waals surface area contributed by atoms with Crippen molar-refractivity contribution < 1.29 is 9.59 Å². The standard InChI is InChI=1S/C17H15BrN2O2/c1-11-4-2-3-5-12(11)6-9-16(21)20-15-8-7-13(18)10-14(15)17(19)22/h2-10H,1H3,(H2,19,22)(H,20,21)/b9-6+. The lowest BCUT2D eigenvalue weighted by Gasteiger charge is -2.07. The SMILES string of the molecule is Cc1ccccc1/C=C/C(=O)Nc1ccc(Br)cc1C(N)=O. The summed E-state index contributed by atoms with van der Waals surface area (Å²) in [6.07, 6.45) is 3.16. The molecule has 2 rings (SSSR count). The number of nitrogens with two attached hydrogens (primary N) is 1. The molecule has 0 atom stereocenters. The van der Waals surface area contributed by atoms with E-state index in [0.29, 0.717) is 5.69 Å². The van der Waals surface area contributed by atoms with Gasteiger partial charge in [0.25, 0.3) is 5.91 Å². The van der Waals surface area contributed by atoms with Crippen molar-refractivity contribution in [1.29, 1.82) is 0 Å². The number of hydrogen-bond donors (Lipinski definition) is 2. The second-order valence-corrected chi connectivity index (χ2v) is 5.65. The maximum atomic E-state index is 12.0. The smallest absolute Gasteiger partial charge is 0.250 e. The maximum Gasteiger partial charge on any atom is 0.250 e. The molecule has 3 N–H and O–H groups in total. The molecule has 0 saturated heterocycles. The van der Waals surface area contributed by atoms with E-state index in [1.54, 1.807) is 24.3 Å². The summed E-state index contributed by atoms with van der Waals surface area (Å²) in [4.78, 5) is 23.4. The summed E-state index contributed by atoms with van der Waals surface area (Å²) < 4.78 is 0.717. The Kier molecular flexibility index (Phi) is 5.12. The normalized spacial score (nSPS) is 10.6. The van der Waals surface area contributed by atoms with E-state index < -0.39 is 5.91 Å². The van der Waals surface area contributed by atoms with Crippen molar-refractivity contribution in [3.05, 3.63) is 69.7 Å². The zero-order chi connectivity index (χ0) is 16.1. The average Bonchev–Trinajstić information content (AvgIpc) is 2.48. The highest BCUT2D eigenvalue weighted by molar-refractivity contribution is 9.10. The van der Waals surface area contributed by atoms with Crippen LogP contribution in [0.3, 0.4) is 0 Å². The molecule has 0 aliphatic heterocycles. The van der Waals surface area contributed by atoms with Gasteiger partial charge in [-0.25, -0.2) is 0 Å². The fraction of sp³-hybridized carbons (Fsp3) is 0.0588. The quantitative estimate of drug-likeness (QED) is 0.820. The van der Waals surface area contributed by atoms with Crippen LogP contribution in [0.15, 0.2) is 53.0 Å². The van der Waals surface area contributed by atoms with E-state index in [0.717, 1.165) is 15.6 Å². The number of carbonyl (C=O) groups excluding carboxylic acids is 2. The van der Waals surface area contributed by atoms with Crippen molar-refractivity contribution in [2.75, 3.05) is 5.32 Å². The summed E-state index contributed by atoms with van der Waals surface area (Å²) in [6.45, 7) is 1.97. The Hall–Kier alpha value is -2.40. The maximum absolute atomic E-state index is 12.0. The Morgan fingerprint density at radius 3 is 2.59 bits per heavy atom. The van der Waals surface area contributed by atoms with E-state index in [1.165, 1.54) is 6.08 Å². The van der Waals surface area contributed by atoms with Gasteiger partial charge in [-0.3, -0.25) is 9.59 Å². The van der Waals surface area contributed by atoms with Gasteiger partial charge in [0, 0.05) is 10.5 Å². The Morgan fingerprint density at radius 2 is 1.91 bits per heavy atom. The van der Waals surface area contributed by atoms with Crippen LogP contribution in [-0.2, 0) is 4.79 Å². The molecule has 2 aromatic carbocycles. The van der Waals surface area contributed by atoms with Gasteiger partial charge in [-0.2, -0.15) is 0 Å². The van der Waals surface area contributed by atoms with Gasteiger partial charge in [-0.05, 0) is 42.3 Å². The highest BCUT2D eigenvalue weighted by atomic mass is 79.9. The Bertz CT molecular complexity index is 754. The van der Waals surface area contributed by atoms with Crippen LogP contribution in [0.5, 0.6) is 0 Å². The molecular formula is C17H15BrN2O2. The molecule has 4 nitrogen and oxygen atoms in total. The Balaban J connectivity index is 2.16. The minimum Gasteiger partial charge on any atom is -0.366 e. The summed E-state index contributed by atoms with van der Waals surface area (Å²) in [5.74, 6) is -0.924. The lowest BCUT2D eigenvalue weighted by molar-refractivity contribution is -0.111. The van der Waals surface area contributed by atoms with E-state index in [1.807, 2.05) is 31.2 Å². The first-order valence-electron chi connectivity index (χ1n) is 6.61. The van der Waals surface area contributed by atoms with Crippen molar-refractivity contribution in [3.63, 3.8) is 0 Å². The molecule has 22 heavy (non-hydrogen) atoms. The molecule has 0 aliphatic carbocycles. The van der Waals surface area contributed by atoms with Crippen LogP contribution >= 0.6 is 15.9 Å². The minimum atomic E-state index is -0.598. The highest BCUT2D eigenvalue weighted by Crippen LogP contribution is 2.21. The monoisotopic (exact) mass is 358 g/mol. The lowest BCUT2D eigenvalue weighted by atomic mass is 10.1. The summed E-state index contributed by atoms with van der Waals surface area (Å²) in [7, 11) is 0. The summed E-state index contributed by atoms with van der Waals surface area (Å²) in [6, 6.07) is 12.7. The second-order valence-electron chi connectivity index (χ2n) is 4.73. The third kappa shape index (κ3) is 4.05. The van der Waals surface area contributed by atoms with Crippen molar-refractivity contribution in [2.45, 2.75) is 6.92 Å². The summed E-state index contributed by atoms with van der Waals surface area (Å²) in [5.41, 5.74) is 7.99. The van der Waals surface area contributed by atoms with E-state index in [2.05, 4.69) is 21.2 Å². The van der Waals surface area contributed by atoms with E-state index in [9.17, 15) is 9.59 Å². The van der Waals surface area contributed by atoms with Gasteiger partial charge in [-0.15, -0.1) is 0 Å². The number of hydrogen-bond acceptors (Lipinski definition) is 2. The fourth-order valence-corrected chi connectivity index (χ4v) is 2.30. The topological polar surface area (TPSA) is 72.2 Å². The summed E-state index contributed by atoms with van der Waals surface area (Å²) in [5, 5.41) is 2.66. The van der Waals surface area contributed by atoms with Crippen molar-refractivity contribution in [1.82, 2.24) is 0 Å². The first-order valence-corrected chi connectivity index (χ1v) is 7.40. The molecule has 2 aromatic rings. The minimum absolute atomic E-state index is 0.256. The molecule has 0 aliphatic rings. The van der Waals surface area contributed by atoms with Gasteiger partial charge < -0.3 is 11.1 Å². The van der Waals surface area contributed by atoms with Gasteiger partial charge in [0.2, 0.25) is 5.91 Å². The van der Waals surface area contributed by atoms with Crippen LogP contribution in [0, 0.1) is 6.92 Å². The van der Waals surface area contributed by atoms with Crippen molar-refractivity contribution in [2.24, 2.45) is 5.73 Å². The molecule has 0 fully saturated rings. The first kappa shape index (κ1) is 16.0. The molecule has 2 amide bonds. The molecule has 0 aromatic heterocycles. The predicted octanol–water partition coefficient (Wildman–Crippen LogP) is 3.51. The number of rotatable bonds is 4. The van der Waals surface area contributed by atoms with Crippen molar-refractivity contribution >= 4 is 39.5 Å². The van der Waals surface area contributed by atoms with Crippen molar-refractivity contribution in [3.8, 4) is 0 Å². The number of carbonyl (C=O) groups is 2. The lowest BCUT2D eigenvalue weighted by Crippen LogP contribution is -2.16. The van der Waals surface area contributed by atoms with E-state index in [-0.39, 0.29) is 11.5 Å². The van der Waals surface area contributed by atoms with Gasteiger partial charge in [-0.1, -0.05) is 40.2 Å². The highest BCUT2D eigenvalue weighted by Gasteiger charge is 2.10. The second kappa shape index (κ2) is 7.04. The van der Waals surface area contributed by atoms with E-state index in [4.69, 9.17) is 5.73 Å². The summed E-state index contributed by atoms with van der Waals surface area (Å²) >= 11 is 3.27. The van der Waals surface area contributed by atoms with Crippen LogP contribution in [0.4, 0.5) is 5.69 Å². The number of aryl methyl sites for hydroxylation is 1. The van der Waals surface area contributed by atoms with Crippen LogP contribution in [-0.4, -0.2) is 11.8 Å². The van der Waals surface area contributed by atoms with Gasteiger partial charge in [0.05, 0.1) is 11.3 Å². The largest absolute Gasteiger partial charge is 0.366 e. The van der Waals surface area contributed by atoms with Crippen LogP contribution in [0.1, 0.15) is 21.5 Å². The van der Waals surface area contributed by atoms with E-state index >= 15 is 0 Å². The molecule has 0 saturated carbocycles. The van der Waals surface area contributed by atoms with Gasteiger partial charge in [0.15, 0.2) is 0 Å². The average molecular weight is 359 g/mol. The zero-order valence-corrected chi connectivity index (χ0v) is 13.6. The number of nitrogens with one attached hydrogen (secondary N) is 1. The molecule has 0 spiro atoms. The van der Waals surface area contributed by atoms with Gasteiger partial charge >= 0.3 is 0 Å². The van der Waals surface area contributed by atoms with Gasteiger partial charge in [0.1, 0.15) is 0 Å². The zero-order valence-electron chi connectivity index (χ0n) is 12.0. The number of benzene rings is 2. The Morgan fingerprint density at radius 1 is 1.18 bits per heavy atom. The first-order chi connectivity index (χ1) is 10.5. The number of amides is 2. The third-order valence-electron chi connectivity index (χ3n) is 3.11. The molecule has 112 valence electrons. The predicted molar refractivity (Wildman–Crippen MR) is 91.5 cm³/mol. The molecule has 0 bridgehead atoms. The fourth-order valence-electron chi connectivity index (χ4n) is 1.94. The molecule has 0 radical (unpaired) electrons. The number of halogens is 1. The molecule has 0 unspecified atom stereocenters. The van der Waals surface area contributed by atoms with Crippen LogP contribution < -0.4 is 11.1 Å². The third-order valence-corrected chi connectivity index (χ3v) is 3.60. The molecular weight excluding hydrogens is 344 g/mol. The molecule has 5 heteroatoms. The Labute approximate surface area is 137 Å². The van der Waals surface area contributed by atoms with Crippen LogP contribution in [0.2, 0.25) is 0 Å². The number of anilines is 1. The van der Waals surface area contributed by atoms with Crippen LogP contribution in [0.25, 0.3) is 6.08 Å². The molecule has 0 heterocycles.